The largest absolute Gasteiger partial charge is 0.459 e. The molecule has 10 atom stereocenters. The second-order valence-corrected chi connectivity index (χ2v) is 11.3. The second kappa shape index (κ2) is 10.0. The zero-order chi connectivity index (χ0) is 28.1. The number of allylic oxidation sites excluding steroid dienone is 1. The third-order valence-corrected chi connectivity index (χ3v) is 8.87. The molecule has 1 heterocycles. The first-order valence-corrected chi connectivity index (χ1v) is 12.9. The molecule has 3 rings (SSSR count). The van der Waals surface area contributed by atoms with Gasteiger partial charge in [-0.1, -0.05) is 26.8 Å². The third-order valence-electron chi connectivity index (χ3n) is 8.87. The molecule has 0 spiro atoms. The van der Waals surface area contributed by atoms with Crippen LogP contribution in [-0.4, -0.2) is 69.2 Å². The number of rotatable bonds is 6. The first-order chi connectivity index (χ1) is 17.0. The molecule has 208 valence electrons. The van der Waals surface area contributed by atoms with Crippen LogP contribution in [0.1, 0.15) is 74.7 Å². The fourth-order valence-corrected chi connectivity index (χ4v) is 6.19. The van der Waals surface area contributed by atoms with E-state index in [1.54, 1.807) is 47.6 Å². The van der Waals surface area contributed by atoms with Gasteiger partial charge in [0.2, 0.25) is 0 Å². The van der Waals surface area contributed by atoms with Crippen molar-refractivity contribution < 1.29 is 48.3 Å². The Morgan fingerprint density at radius 1 is 1.19 bits per heavy atom. The highest BCUT2D eigenvalue weighted by Crippen LogP contribution is 2.59. The van der Waals surface area contributed by atoms with Gasteiger partial charge in [-0.15, -0.1) is 0 Å². The molecule has 0 aromatic rings. The van der Waals surface area contributed by atoms with Crippen LogP contribution in [0.4, 0.5) is 0 Å². The number of aliphatic hydroxyl groups is 2. The zero-order valence-corrected chi connectivity index (χ0v) is 22.9. The van der Waals surface area contributed by atoms with Crippen LogP contribution in [0.25, 0.3) is 0 Å². The van der Waals surface area contributed by atoms with Crippen LogP contribution in [0.15, 0.2) is 11.6 Å². The lowest BCUT2D eigenvalue weighted by molar-refractivity contribution is -0.216. The van der Waals surface area contributed by atoms with Crippen molar-refractivity contribution in [2.45, 2.75) is 110 Å². The van der Waals surface area contributed by atoms with Gasteiger partial charge in [0.05, 0.1) is 5.92 Å². The van der Waals surface area contributed by atoms with Gasteiger partial charge in [-0.05, 0) is 40.5 Å². The van der Waals surface area contributed by atoms with Gasteiger partial charge < -0.3 is 29.2 Å². The zero-order valence-electron chi connectivity index (χ0n) is 22.9. The van der Waals surface area contributed by atoms with Crippen molar-refractivity contribution >= 4 is 23.9 Å². The summed E-state index contributed by atoms with van der Waals surface area (Å²) in [6, 6.07) is 0. The average molecular weight is 525 g/mol. The fourth-order valence-electron chi connectivity index (χ4n) is 6.19. The fraction of sp³-hybridized carbons (Fsp3) is 0.778. The number of carbonyl (C=O) groups excluding carboxylic acids is 4. The Morgan fingerprint density at radius 3 is 2.35 bits per heavy atom. The highest BCUT2D eigenvalue weighted by Gasteiger charge is 2.76. The highest BCUT2D eigenvalue weighted by molar-refractivity contribution is 5.87. The Kier molecular flexibility index (Phi) is 7.88. The molecule has 1 aliphatic heterocycles. The lowest BCUT2D eigenvalue weighted by Gasteiger charge is -2.42. The molecule has 10 heteroatoms. The molecule has 2 aliphatic carbocycles. The lowest BCUT2D eigenvalue weighted by atomic mass is 9.72. The van der Waals surface area contributed by atoms with Crippen molar-refractivity contribution in [3.63, 3.8) is 0 Å². The Balaban J connectivity index is 2.15. The van der Waals surface area contributed by atoms with E-state index in [4.69, 9.17) is 18.9 Å². The number of hydrogen-bond donors (Lipinski definition) is 2. The molecule has 0 bridgehead atoms. The minimum Gasteiger partial charge on any atom is -0.459 e. The van der Waals surface area contributed by atoms with Crippen LogP contribution in [0.5, 0.6) is 0 Å². The molecule has 0 unspecified atom stereocenters. The molecule has 1 saturated heterocycles. The summed E-state index contributed by atoms with van der Waals surface area (Å²) in [7, 11) is 0. The third kappa shape index (κ3) is 4.67. The monoisotopic (exact) mass is 524 g/mol. The molecule has 2 N–H and O–H groups in total. The molecule has 3 fully saturated rings. The Hall–Kier alpha value is -2.46. The number of esters is 4. The van der Waals surface area contributed by atoms with Crippen LogP contribution in [-0.2, 0) is 38.1 Å². The van der Waals surface area contributed by atoms with Gasteiger partial charge in [-0.3, -0.25) is 9.59 Å². The number of hydrogen-bond acceptors (Lipinski definition) is 10. The van der Waals surface area contributed by atoms with Gasteiger partial charge in [-0.2, -0.15) is 0 Å². The van der Waals surface area contributed by atoms with Gasteiger partial charge >= 0.3 is 23.9 Å². The molecule has 3 aliphatic rings. The Labute approximate surface area is 217 Å². The molecule has 0 aromatic carbocycles. The van der Waals surface area contributed by atoms with Crippen molar-refractivity contribution in [1.82, 2.24) is 0 Å². The van der Waals surface area contributed by atoms with Crippen LogP contribution in [0, 0.1) is 23.7 Å². The summed E-state index contributed by atoms with van der Waals surface area (Å²) in [5, 5.41) is 23.4. The minimum absolute atomic E-state index is 0.197. The van der Waals surface area contributed by atoms with Crippen molar-refractivity contribution in [3.8, 4) is 0 Å². The summed E-state index contributed by atoms with van der Waals surface area (Å²) in [6.45, 7) is 12.7. The summed E-state index contributed by atoms with van der Waals surface area (Å²) >= 11 is 0. The van der Waals surface area contributed by atoms with E-state index in [-0.39, 0.29) is 12.8 Å². The van der Waals surface area contributed by atoms with Gasteiger partial charge in [0.1, 0.15) is 23.9 Å². The smallest absolute Gasteiger partial charge is 0.341 e. The predicted octanol–water partition coefficient (Wildman–Crippen LogP) is 2.23. The maximum atomic E-state index is 12.9. The van der Waals surface area contributed by atoms with Crippen molar-refractivity contribution in [2.24, 2.45) is 23.7 Å². The van der Waals surface area contributed by atoms with Gasteiger partial charge in [0.15, 0.2) is 11.2 Å². The number of ether oxygens (including phenoxy) is 4. The summed E-state index contributed by atoms with van der Waals surface area (Å²) < 4.78 is 23.0. The van der Waals surface area contributed by atoms with Crippen LogP contribution in [0.3, 0.4) is 0 Å². The van der Waals surface area contributed by atoms with E-state index in [0.29, 0.717) is 12.0 Å². The van der Waals surface area contributed by atoms with E-state index in [1.165, 1.54) is 6.92 Å². The first-order valence-electron chi connectivity index (χ1n) is 12.9. The molecule has 2 saturated carbocycles. The van der Waals surface area contributed by atoms with Crippen LogP contribution in [0.2, 0.25) is 0 Å². The topological polar surface area (TPSA) is 146 Å². The predicted molar refractivity (Wildman–Crippen MR) is 130 cm³/mol. The number of carbonyl (C=O) groups is 4. The first kappa shape index (κ1) is 29.1. The van der Waals surface area contributed by atoms with E-state index in [1.807, 2.05) is 0 Å². The van der Waals surface area contributed by atoms with E-state index in [0.717, 1.165) is 6.92 Å². The summed E-state index contributed by atoms with van der Waals surface area (Å²) in [5.74, 6) is -4.97. The standard InChI is InChI=1S/C27H40O10/c1-9-13(3)22(29)34-18-11-17-20(15(18)5)21-27(33,26(8,32)24(31)36-21)19(35-23(30)14(4)10-2)12-25(17,7)37-16(6)28/h9,14-15,17-21,32-33H,10-12H2,1-8H3/b13-9-/t14-,15-,17-,18+,19-,20+,21+,25-,26+,27+/m0/s1. The number of fused-ring (bicyclic) bond motifs is 3. The molecular weight excluding hydrogens is 484 g/mol. The van der Waals surface area contributed by atoms with Crippen molar-refractivity contribution in [1.29, 1.82) is 0 Å². The quantitative estimate of drug-likeness (QED) is 0.301. The Morgan fingerprint density at radius 2 is 1.81 bits per heavy atom. The normalized spacial score (nSPS) is 42.1. The van der Waals surface area contributed by atoms with E-state index in [9.17, 15) is 29.4 Å². The molecule has 0 amide bonds. The average Bonchev–Trinajstić information content (AvgIpc) is 3.20. The maximum Gasteiger partial charge on any atom is 0.341 e. The molecule has 0 aromatic heterocycles. The summed E-state index contributed by atoms with van der Waals surface area (Å²) in [6.07, 6.45) is -1.22. The van der Waals surface area contributed by atoms with Crippen LogP contribution < -0.4 is 0 Å². The van der Waals surface area contributed by atoms with Crippen LogP contribution >= 0.6 is 0 Å². The van der Waals surface area contributed by atoms with Crippen molar-refractivity contribution in [2.75, 3.05) is 0 Å². The molecule has 10 nitrogen and oxygen atoms in total. The highest BCUT2D eigenvalue weighted by atomic mass is 16.6. The van der Waals surface area contributed by atoms with E-state index < -0.39 is 82.7 Å². The van der Waals surface area contributed by atoms with E-state index in [2.05, 4.69) is 0 Å². The molecule has 0 radical (unpaired) electrons. The minimum atomic E-state index is -2.42. The van der Waals surface area contributed by atoms with Crippen molar-refractivity contribution in [3.05, 3.63) is 11.6 Å². The van der Waals surface area contributed by atoms with Gasteiger partial charge in [0, 0.05) is 36.7 Å². The molecule has 37 heavy (non-hydrogen) atoms. The molecular formula is C27H40O10. The van der Waals surface area contributed by atoms with Gasteiger partial charge in [-0.25, -0.2) is 9.59 Å². The van der Waals surface area contributed by atoms with Gasteiger partial charge in [0.25, 0.3) is 0 Å². The summed E-state index contributed by atoms with van der Waals surface area (Å²) in [4.78, 5) is 50.6. The maximum absolute atomic E-state index is 12.9. The SMILES string of the molecule is C/C=C(/C)C(=O)O[C@@H]1C[C@H]2[C@@H]([C@H]1C)[C@H]1OC(=O)[C@@](C)(O)[C@@]1(O)[C@@H](OC(=O)[C@@H](C)CC)C[C@]2(C)OC(C)=O. The lowest BCUT2D eigenvalue weighted by Crippen LogP contribution is -2.65. The second-order valence-electron chi connectivity index (χ2n) is 11.3. The Bertz CT molecular complexity index is 986. The summed E-state index contributed by atoms with van der Waals surface area (Å²) in [5.41, 5.74) is -5.64. The van der Waals surface area contributed by atoms with E-state index >= 15 is 0 Å².